The summed E-state index contributed by atoms with van der Waals surface area (Å²) in [6.45, 7) is 2.84. The molecule has 1 unspecified atom stereocenters. The Morgan fingerprint density at radius 2 is 2.26 bits per heavy atom. The van der Waals surface area contributed by atoms with E-state index >= 15 is 0 Å². The van der Waals surface area contributed by atoms with Gasteiger partial charge in [-0.1, -0.05) is 24.7 Å². The Morgan fingerprint density at radius 1 is 1.48 bits per heavy atom. The third-order valence-electron chi connectivity index (χ3n) is 4.02. The van der Waals surface area contributed by atoms with E-state index in [0.717, 1.165) is 37.9 Å². The molecule has 1 atom stereocenters. The molecule has 3 heterocycles. The molecule has 0 radical (unpaired) electrons. The quantitative estimate of drug-likeness (QED) is 0.838. The molecule has 1 amide bonds. The van der Waals surface area contributed by atoms with Crippen LogP contribution in [-0.4, -0.2) is 52.1 Å². The van der Waals surface area contributed by atoms with E-state index in [0.29, 0.717) is 10.1 Å². The molecule has 7 nitrogen and oxygen atoms in total. The molecular weight excluding hydrogens is 314 g/mol. The first-order valence-corrected chi connectivity index (χ1v) is 8.70. The number of likely N-dealkylation sites (N-methyl/N-ethyl adjacent to an activating group) is 1. The highest BCUT2D eigenvalue weighted by Crippen LogP contribution is 2.29. The molecule has 1 aliphatic rings. The second kappa shape index (κ2) is 6.27. The standard InChI is InChI=1S/C15H21N5O2S/c1-4-6-10-9-12(21)20-14(16-10)23-15(17-20)19-8-5-7-11(19)13(22)18(2)3/h9,11H,4-8H2,1-3H3. The predicted octanol–water partition coefficient (Wildman–Crippen LogP) is 1.16. The van der Waals surface area contributed by atoms with E-state index in [-0.39, 0.29) is 17.5 Å². The van der Waals surface area contributed by atoms with Gasteiger partial charge < -0.3 is 9.80 Å². The Labute approximate surface area is 138 Å². The van der Waals surface area contributed by atoms with Crippen molar-refractivity contribution in [2.75, 3.05) is 25.5 Å². The summed E-state index contributed by atoms with van der Waals surface area (Å²) in [7, 11) is 3.53. The highest BCUT2D eigenvalue weighted by Gasteiger charge is 2.34. The van der Waals surface area contributed by atoms with Crippen LogP contribution >= 0.6 is 11.3 Å². The van der Waals surface area contributed by atoms with Gasteiger partial charge in [0.25, 0.3) is 5.56 Å². The Bertz CT molecular complexity index is 782. The van der Waals surface area contributed by atoms with Crippen molar-refractivity contribution in [2.45, 2.75) is 38.6 Å². The van der Waals surface area contributed by atoms with Crippen molar-refractivity contribution in [3.8, 4) is 0 Å². The summed E-state index contributed by atoms with van der Waals surface area (Å²) in [5.41, 5.74) is 0.644. The van der Waals surface area contributed by atoms with Gasteiger partial charge in [-0.05, 0) is 19.3 Å². The highest BCUT2D eigenvalue weighted by atomic mass is 32.1. The van der Waals surface area contributed by atoms with E-state index in [9.17, 15) is 9.59 Å². The molecule has 0 spiro atoms. The van der Waals surface area contributed by atoms with E-state index in [2.05, 4.69) is 17.0 Å². The lowest BCUT2D eigenvalue weighted by atomic mass is 10.2. The van der Waals surface area contributed by atoms with E-state index < -0.39 is 0 Å². The number of aromatic nitrogens is 3. The van der Waals surface area contributed by atoms with Crippen LogP contribution in [0.1, 0.15) is 31.9 Å². The number of rotatable bonds is 4. The third kappa shape index (κ3) is 2.95. The summed E-state index contributed by atoms with van der Waals surface area (Å²) >= 11 is 1.38. The highest BCUT2D eigenvalue weighted by molar-refractivity contribution is 7.20. The number of fused-ring (bicyclic) bond motifs is 1. The van der Waals surface area contributed by atoms with Crippen LogP contribution in [-0.2, 0) is 11.2 Å². The van der Waals surface area contributed by atoms with Gasteiger partial charge in [0, 0.05) is 32.4 Å². The number of anilines is 1. The summed E-state index contributed by atoms with van der Waals surface area (Å²) in [6, 6.07) is 1.35. The van der Waals surface area contributed by atoms with Gasteiger partial charge in [-0.25, -0.2) is 4.98 Å². The second-order valence-electron chi connectivity index (χ2n) is 6.00. The number of hydrogen-bond donors (Lipinski definition) is 0. The fraction of sp³-hybridized carbons (Fsp3) is 0.600. The van der Waals surface area contributed by atoms with Crippen LogP contribution in [0.2, 0.25) is 0 Å². The first-order chi connectivity index (χ1) is 11.0. The lowest BCUT2D eigenvalue weighted by Crippen LogP contribution is -2.42. The number of carbonyl (C=O) groups excluding carboxylic acids is 1. The van der Waals surface area contributed by atoms with Crippen LogP contribution < -0.4 is 10.5 Å². The molecule has 2 aromatic rings. The van der Waals surface area contributed by atoms with Crippen molar-refractivity contribution in [1.29, 1.82) is 0 Å². The van der Waals surface area contributed by atoms with Crippen molar-refractivity contribution < 1.29 is 4.79 Å². The minimum Gasteiger partial charge on any atom is -0.347 e. The minimum atomic E-state index is -0.198. The van der Waals surface area contributed by atoms with Gasteiger partial charge in [-0.3, -0.25) is 9.59 Å². The molecule has 1 saturated heterocycles. The van der Waals surface area contributed by atoms with Crippen molar-refractivity contribution in [1.82, 2.24) is 19.5 Å². The zero-order valence-corrected chi connectivity index (χ0v) is 14.5. The van der Waals surface area contributed by atoms with E-state index in [1.807, 2.05) is 4.90 Å². The molecule has 124 valence electrons. The van der Waals surface area contributed by atoms with Crippen LogP contribution in [0.3, 0.4) is 0 Å². The summed E-state index contributed by atoms with van der Waals surface area (Å²) in [4.78, 5) is 33.3. The summed E-state index contributed by atoms with van der Waals surface area (Å²) in [5.74, 6) is 0.0775. The lowest BCUT2D eigenvalue weighted by molar-refractivity contribution is -0.129. The monoisotopic (exact) mass is 335 g/mol. The molecule has 0 N–H and O–H groups in total. The number of aryl methyl sites for hydroxylation is 1. The lowest BCUT2D eigenvalue weighted by Gasteiger charge is -2.25. The molecule has 0 aliphatic carbocycles. The molecule has 0 saturated carbocycles. The largest absolute Gasteiger partial charge is 0.347 e. The van der Waals surface area contributed by atoms with Gasteiger partial charge in [0.05, 0.1) is 0 Å². The van der Waals surface area contributed by atoms with Gasteiger partial charge in [0.2, 0.25) is 16.0 Å². The summed E-state index contributed by atoms with van der Waals surface area (Å²) < 4.78 is 1.34. The van der Waals surface area contributed by atoms with Crippen LogP contribution in [0.25, 0.3) is 4.96 Å². The Balaban J connectivity index is 1.98. The van der Waals surface area contributed by atoms with E-state index in [1.54, 1.807) is 25.1 Å². The molecule has 1 fully saturated rings. The molecule has 1 aliphatic heterocycles. The average molecular weight is 335 g/mol. The molecule has 8 heteroatoms. The van der Waals surface area contributed by atoms with Crippen molar-refractivity contribution in [3.05, 3.63) is 22.1 Å². The molecule has 0 bridgehead atoms. The van der Waals surface area contributed by atoms with Gasteiger partial charge >= 0.3 is 0 Å². The van der Waals surface area contributed by atoms with E-state index in [4.69, 9.17) is 0 Å². The van der Waals surface area contributed by atoms with Crippen LogP contribution in [0.5, 0.6) is 0 Å². The molecule has 2 aromatic heterocycles. The minimum absolute atomic E-state index is 0.0775. The van der Waals surface area contributed by atoms with Gasteiger partial charge in [0.1, 0.15) is 6.04 Å². The smallest absolute Gasteiger partial charge is 0.275 e. The predicted molar refractivity (Wildman–Crippen MR) is 90.2 cm³/mol. The number of hydrogen-bond acceptors (Lipinski definition) is 6. The maximum Gasteiger partial charge on any atom is 0.275 e. The van der Waals surface area contributed by atoms with Crippen LogP contribution in [0.15, 0.2) is 10.9 Å². The van der Waals surface area contributed by atoms with Gasteiger partial charge in [-0.15, -0.1) is 5.10 Å². The Kier molecular flexibility index (Phi) is 4.34. The maximum absolute atomic E-state index is 12.3. The van der Waals surface area contributed by atoms with E-state index in [1.165, 1.54) is 15.9 Å². The molecule has 23 heavy (non-hydrogen) atoms. The third-order valence-corrected chi connectivity index (χ3v) is 4.96. The fourth-order valence-electron chi connectivity index (χ4n) is 2.90. The zero-order valence-electron chi connectivity index (χ0n) is 13.7. The topological polar surface area (TPSA) is 70.8 Å². The summed E-state index contributed by atoms with van der Waals surface area (Å²) in [5, 5.41) is 5.10. The number of amides is 1. The van der Waals surface area contributed by atoms with Crippen LogP contribution in [0, 0.1) is 0 Å². The van der Waals surface area contributed by atoms with Gasteiger partial charge in [0.15, 0.2) is 0 Å². The first kappa shape index (κ1) is 15.9. The normalized spacial score (nSPS) is 17.9. The molecule has 0 aromatic carbocycles. The first-order valence-electron chi connectivity index (χ1n) is 7.89. The summed E-state index contributed by atoms with van der Waals surface area (Å²) in [6.07, 6.45) is 3.49. The Morgan fingerprint density at radius 3 is 2.96 bits per heavy atom. The zero-order chi connectivity index (χ0) is 16.6. The average Bonchev–Trinajstić information content (AvgIpc) is 3.12. The molecule has 3 rings (SSSR count). The number of carbonyl (C=O) groups is 1. The van der Waals surface area contributed by atoms with Crippen molar-refractivity contribution in [2.24, 2.45) is 0 Å². The van der Waals surface area contributed by atoms with Crippen molar-refractivity contribution >= 4 is 27.3 Å². The maximum atomic E-state index is 12.3. The SMILES string of the molecule is CCCc1cc(=O)n2nc(N3CCCC3C(=O)N(C)C)sc2n1. The second-order valence-corrected chi connectivity index (χ2v) is 6.93. The fourth-order valence-corrected chi connectivity index (χ4v) is 3.90. The molecular formula is C15H21N5O2S. The number of nitrogens with zero attached hydrogens (tertiary/aromatic N) is 5. The van der Waals surface area contributed by atoms with Crippen molar-refractivity contribution in [3.63, 3.8) is 0 Å². The van der Waals surface area contributed by atoms with Crippen LogP contribution in [0.4, 0.5) is 5.13 Å². The Hall–Kier alpha value is -1.96. The van der Waals surface area contributed by atoms with Gasteiger partial charge in [-0.2, -0.15) is 4.52 Å².